The van der Waals surface area contributed by atoms with Crippen molar-refractivity contribution in [1.82, 2.24) is 9.97 Å². The van der Waals surface area contributed by atoms with E-state index in [9.17, 15) is 10.1 Å². The topological polar surface area (TPSA) is 113 Å². The van der Waals surface area contributed by atoms with E-state index in [4.69, 9.17) is 5.11 Å². The SMILES string of the molecule is CNc1ncc([N+](=O)[O-])c(NCCCO)n1. The van der Waals surface area contributed by atoms with Gasteiger partial charge in [-0.25, -0.2) is 4.98 Å². The highest BCUT2D eigenvalue weighted by molar-refractivity contribution is 5.56. The third-order valence-corrected chi connectivity index (χ3v) is 1.82. The van der Waals surface area contributed by atoms with Gasteiger partial charge in [-0.1, -0.05) is 0 Å². The second kappa shape index (κ2) is 5.81. The van der Waals surface area contributed by atoms with Crippen LogP contribution in [0, 0.1) is 10.1 Å². The van der Waals surface area contributed by atoms with E-state index in [2.05, 4.69) is 20.6 Å². The summed E-state index contributed by atoms with van der Waals surface area (Å²) in [5.74, 6) is 0.454. The molecule has 0 fully saturated rings. The van der Waals surface area contributed by atoms with Crippen molar-refractivity contribution in [2.45, 2.75) is 6.42 Å². The normalized spacial score (nSPS) is 9.88. The van der Waals surface area contributed by atoms with Crippen LogP contribution in [0.4, 0.5) is 17.5 Å². The third kappa shape index (κ3) is 3.02. The van der Waals surface area contributed by atoms with E-state index in [1.165, 1.54) is 0 Å². The minimum atomic E-state index is -0.555. The van der Waals surface area contributed by atoms with Gasteiger partial charge in [-0.2, -0.15) is 4.98 Å². The van der Waals surface area contributed by atoms with Crippen molar-refractivity contribution < 1.29 is 10.0 Å². The Kier molecular flexibility index (Phi) is 4.40. The number of hydrogen-bond acceptors (Lipinski definition) is 7. The lowest BCUT2D eigenvalue weighted by molar-refractivity contribution is -0.384. The van der Waals surface area contributed by atoms with Crippen molar-refractivity contribution >= 4 is 17.5 Å². The number of aliphatic hydroxyl groups excluding tert-OH is 1. The van der Waals surface area contributed by atoms with Gasteiger partial charge < -0.3 is 15.7 Å². The van der Waals surface area contributed by atoms with Gasteiger partial charge in [0.25, 0.3) is 0 Å². The fourth-order valence-electron chi connectivity index (χ4n) is 1.05. The van der Waals surface area contributed by atoms with Gasteiger partial charge in [0.2, 0.25) is 11.8 Å². The molecule has 0 unspecified atom stereocenters. The van der Waals surface area contributed by atoms with Gasteiger partial charge in [0.15, 0.2) is 0 Å². The van der Waals surface area contributed by atoms with E-state index in [-0.39, 0.29) is 18.1 Å². The van der Waals surface area contributed by atoms with Crippen LogP contribution in [0.15, 0.2) is 6.20 Å². The highest BCUT2D eigenvalue weighted by Crippen LogP contribution is 2.21. The Balaban J connectivity index is 2.87. The van der Waals surface area contributed by atoms with Crippen LogP contribution in [-0.2, 0) is 0 Å². The molecule has 8 nitrogen and oxygen atoms in total. The lowest BCUT2D eigenvalue weighted by Gasteiger charge is -2.06. The Morgan fingerprint density at radius 1 is 1.62 bits per heavy atom. The molecular weight excluding hydrogens is 214 g/mol. The molecule has 1 aromatic heterocycles. The first-order valence-corrected chi connectivity index (χ1v) is 4.73. The van der Waals surface area contributed by atoms with Crippen molar-refractivity contribution in [1.29, 1.82) is 0 Å². The van der Waals surface area contributed by atoms with Crippen LogP contribution in [0.2, 0.25) is 0 Å². The Labute approximate surface area is 91.9 Å². The summed E-state index contributed by atoms with van der Waals surface area (Å²) in [6.07, 6.45) is 1.64. The maximum absolute atomic E-state index is 10.7. The molecule has 0 aromatic carbocycles. The van der Waals surface area contributed by atoms with E-state index in [1.807, 2.05) is 0 Å². The molecule has 0 aliphatic heterocycles. The highest BCUT2D eigenvalue weighted by Gasteiger charge is 2.16. The van der Waals surface area contributed by atoms with E-state index >= 15 is 0 Å². The molecule has 0 aliphatic rings. The van der Waals surface area contributed by atoms with Crippen molar-refractivity contribution in [3.05, 3.63) is 16.3 Å². The third-order valence-electron chi connectivity index (χ3n) is 1.82. The molecule has 0 spiro atoms. The smallest absolute Gasteiger partial charge is 0.329 e. The molecule has 0 saturated heterocycles. The number of nitrogens with one attached hydrogen (secondary N) is 2. The summed E-state index contributed by atoms with van der Waals surface area (Å²) in [6.45, 7) is 0.433. The minimum Gasteiger partial charge on any atom is -0.396 e. The van der Waals surface area contributed by atoms with Crippen LogP contribution < -0.4 is 10.6 Å². The van der Waals surface area contributed by atoms with E-state index in [1.54, 1.807) is 7.05 Å². The summed E-state index contributed by atoms with van der Waals surface area (Å²) < 4.78 is 0. The second-order valence-electron chi connectivity index (χ2n) is 2.94. The van der Waals surface area contributed by atoms with Gasteiger partial charge in [-0.3, -0.25) is 10.1 Å². The summed E-state index contributed by atoms with van der Waals surface area (Å²) in [5, 5.41) is 24.7. The standard InChI is InChI=1S/C8H13N5O3/c1-9-8-11-5-6(13(15)16)7(12-8)10-3-2-4-14/h5,14H,2-4H2,1H3,(H2,9,10,11,12). The molecule has 0 amide bonds. The predicted octanol–water partition coefficient (Wildman–Crippen LogP) is 0.221. The van der Waals surface area contributed by atoms with Crippen molar-refractivity contribution in [2.24, 2.45) is 0 Å². The Morgan fingerprint density at radius 3 is 2.94 bits per heavy atom. The van der Waals surface area contributed by atoms with Gasteiger partial charge in [0, 0.05) is 20.2 Å². The number of nitrogens with zero attached hydrogens (tertiary/aromatic N) is 3. The first-order chi connectivity index (χ1) is 7.69. The Hall–Kier alpha value is -1.96. The maximum atomic E-state index is 10.7. The summed E-state index contributed by atoms with van der Waals surface area (Å²) in [5.41, 5.74) is -0.183. The molecule has 8 heteroatoms. The van der Waals surface area contributed by atoms with E-state index < -0.39 is 4.92 Å². The van der Waals surface area contributed by atoms with Gasteiger partial charge in [0.1, 0.15) is 6.20 Å². The molecule has 0 atom stereocenters. The summed E-state index contributed by atoms with van der Waals surface area (Å²) in [7, 11) is 1.62. The van der Waals surface area contributed by atoms with Crippen LogP contribution in [0.25, 0.3) is 0 Å². The maximum Gasteiger partial charge on any atom is 0.329 e. The molecular formula is C8H13N5O3. The number of rotatable bonds is 6. The van der Waals surface area contributed by atoms with Crippen molar-refractivity contribution in [3.8, 4) is 0 Å². The zero-order valence-corrected chi connectivity index (χ0v) is 8.80. The minimum absolute atomic E-state index is 0.0186. The van der Waals surface area contributed by atoms with E-state index in [0.29, 0.717) is 18.9 Å². The fraction of sp³-hybridized carbons (Fsp3) is 0.500. The average Bonchev–Trinajstić information content (AvgIpc) is 2.29. The average molecular weight is 227 g/mol. The number of nitro groups is 1. The molecule has 0 aliphatic carbocycles. The van der Waals surface area contributed by atoms with Gasteiger partial charge >= 0.3 is 5.69 Å². The number of hydrogen-bond donors (Lipinski definition) is 3. The number of anilines is 2. The molecule has 88 valence electrons. The van der Waals surface area contributed by atoms with Crippen LogP contribution in [0.3, 0.4) is 0 Å². The van der Waals surface area contributed by atoms with Gasteiger partial charge in [-0.05, 0) is 6.42 Å². The number of aromatic nitrogens is 2. The number of aliphatic hydroxyl groups is 1. The first-order valence-electron chi connectivity index (χ1n) is 4.73. The van der Waals surface area contributed by atoms with Crippen LogP contribution in [0.5, 0.6) is 0 Å². The molecule has 0 saturated carbocycles. The summed E-state index contributed by atoms with van der Waals surface area (Å²) in [4.78, 5) is 17.8. The second-order valence-corrected chi connectivity index (χ2v) is 2.94. The molecule has 1 heterocycles. The van der Waals surface area contributed by atoms with E-state index in [0.717, 1.165) is 6.20 Å². The van der Waals surface area contributed by atoms with Crippen LogP contribution in [-0.4, -0.2) is 40.2 Å². The lowest BCUT2D eigenvalue weighted by Crippen LogP contribution is -2.09. The zero-order chi connectivity index (χ0) is 12.0. The fourth-order valence-corrected chi connectivity index (χ4v) is 1.05. The van der Waals surface area contributed by atoms with Gasteiger partial charge in [-0.15, -0.1) is 0 Å². The Morgan fingerprint density at radius 2 is 2.38 bits per heavy atom. The molecule has 0 radical (unpaired) electrons. The van der Waals surface area contributed by atoms with Gasteiger partial charge in [0.05, 0.1) is 4.92 Å². The quantitative estimate of drug-likeness (QED) is 0.362. The zero-order valence-electron chi connectivity index (χ0n) is 8.80. The summed E-state index contributed by atoms with van der Waals surface area (Å²) in [6, 6.07) is 0. The van der Waals surface area contributed by atoms with Crippen LogP contribution >= 0.6 is 0 Å². The van der Waals surface area contributed by atoms with Crippen LogP contribution in [0.1, 0.15) is 6.42 Å². The first kappa shape index (κ1) is 12.1. The molecule has 3 N–H and O–H groups in total. The Bertz CT molecular complexity index is 371. The van der Waals surface area contributed by atoms with Crippen molar-refractivity contribution in [2.75, 3.05) is 30.8 Å². The summed E-state index contributed by atoms with van der Waals surface area (Å²) >= 11 is 0. The molecule has 0 bridgehead atoms. The highest BCUT2D eigenvalue weighted by atomic mass is 16.6. The molecule has 1 rings (SSSR count). The monoisotopic (exact) mass is 227 g/mol. The van der Waals surface area contributed by atoms with Crippen molar-refractivity contribution in [3.63, 3.8) is 0 Å². The largest absolute Gasteiger partial charge is 0.396 e. The lowest BCUT2D eigenvalue weighted by atomic mass is 10.4. The predicted molar refractivity (Wildman–Crippen MR) is 58.4 cm³/mol. The molecule has 1 aromatic rings. The molecule has 16 heavy (non-hydrogen) atoms.